The van der Waals surface area contributed by atoms with Gasteiger partial charge in [0, 0.05) is 4.88 Å². The lowest BCUT2D eigenvalue weighted by molar-refractivity contribution is -0.159. The van der Waals surface area contributed by atoms with Gasteiger partial charge in [0.25, 0.3) is 0 Å². The van der Waals surface area contributed by atoms with Gasteiger partial charge in [-0.3, -0.25) is 4.79 Å². The van der Waals surface area contributed by atoms with E-state index in [0.29, 0.717) is 18.8 Å². The average molecular weight is 311 g/mol. The molecule has 0 aliphatic carbocycles. The minimum absolute atomic E-state index is 0.144. The standard InChI is InChI=1S/C16H25NO3S/c1-11(2)9-13(15(19)20-16(3,4)5)17-14(18)10-12-7-6-8-21-12/h6-8,11,13H,9-10H2,1-5H3,(H,17,18)/t13-/m0/s1. The van der Waals surface area contributed by atoms with Gasteiger partial charge in [0.05, 0.1) is 6.42 Å². The second kappa shape index (κ2) is 7.59. The molecule has 0 saturated heterocycles. The van der Waals surface area contributed by atoms with Crippen LogP contribution in [0.25, 0.3) is 0 Å². The van der Waals surface area contributed by atoms with Crippen LogP contribution in [0.4, 0.5) is 0 Å². The van der Waals surface area contributed by atoms with Crippen molar-refractivity contribution in [2.75, 3.05) is 0 Å². The van der Waals surface area contributed by atoms with E-state index in [1.54, 1.807) is 0 Å². The first-order chi connectivity index (χ1) is 9.67. The van der Waals surface area contributed by atoms with Crippen LogP contribution in [0.1, 0.15) is 45.9 Å². The highest BCUT2D eigenvalue weighted by Crippen LogP contribution is 2.14. The molecule has 0 aromatic carbocycles. The van der Waals surface area contributed by atoms with Crippen LogP contribution in [-0.2, 0) is 20.7 Å². The van der Waals surface area contributed by atoms with Gasteiger partial charge in [0.2, 0.25) is 5.91 Å². The topological polar surface area (TPSA) is 55.4 Å². The summed E-state index contributed by atoms with van der Waals surface area (Å²) in [6, 6.07) is 3.23. The summed E-state index contributed by atoms with van der Waals surface area (Å²) in [7, 11) is 0. The van der Waals surface area contributed by atoms with Gasteiger partial charge in [-0.25, -0.2) is 4.79 Å². The monoisotopic (exact) mass is 311 g/mol. The Hall–Kier alpha value is -1.36. The number of ether oxygens (including phenoxy) is 1. The Kier molecular flexibility index (Phi) is 6.40. The van der Waals surface area contributed by atoms with Crippen LogP contribution >= 0.6 is 11.3 Å². The lowest BCUT2D eigenvalue weighted by atomic mass is 10.0. The summed E-state index contributed by atoms with van der Waals surface area (Å²) in [6.07, 6.45) is 0.875. The normalized spacial score (nSPS) is 13.0. The summed E-state index contributed by atoms with van der Waals surface area (Å²) in [6.45, 7) is 9.51. The second-order valence-electron chi connectivity index (χ2n) is 6.54. The molecule has 0 saturated carbocycles. The fourth-order valence-corrected chi connectivity index (χ4v) is 2.58. The molecule has 1 amide bonds. The van der Waals surface area contributed by atoms with Gasteiger partial charge in [0.15, 0.2) is 0 Å². The smallest absolute Gasteiger partial charge is 0.329 e. The molecular formula is C16H25NO3S. The number of thiophene rings is 1. The van der Waals surface area contributed by atoms with Gasteiger partial charge >= 0.3 is 5.97 Å². The number of esters is 1. The molecule has 0 fully saturated rings. The van der Waals surface area contributed by atoms with Crippen LogP contribution in [0.3, 0.4) is 0 Å². The molecule has 1 aromatic heterocycles. The van der Waals surface area contributed by atoms with E-state index >= 15 is 0 Å². The number of hydrogen-bond acceptors (Lipinski definition) is 4. The van der Waals surface area contributed by atoms with Crippen LogP contribution in [0.5, 0.6) is 0 Å². The Morgan fingerprint density at radius 3 is 2.48 bits per heavy atom. The van der Waals surface area contributed by atoms with Gasteiger partial charge in [0.1, 0.15) is 11.6 Å². The van der Waals surface area contributed by atoms with Crippen LogP contribution < -0.4 is 5.32 Å². The first-order valence-corrected chi connectivity index (χ1v) is 8.10. The van der Waals surface area contributed by atoms with Crippen LogP contribution in [0.15, 0.2) is 17.5 Å². The zero-order valence-corrected chi connectivity index (χ0v) is 14.3. The summed E-state index contributed by atoms with van der Waals surface area (Å²) < 4.78 is 5.39. The molecule has 0 radical (unpaired) electrons. The van der Waals surface area contributed by atoms with Gasteiger partial charge in [-0.05, 0) is 44.6 Å². The maximum absolute atomic E-state index is 12.2. The molecule has 0 bridgehead atoms. The second-order valence-corrected chi connectivity index (χ2v) is 7.57. The SMILES string of the molecule is CC(C)C[C@H](NC(=O)Cc1cccs1)C(=O)OC(C)(C)C. The fourth-order valence-electron chi connectivity index (χ4n) is 1.88. The van der Waals surface area contributed by atoms with Crippen molar-refractivity contribution in [3.05, 3.63) is 22.4 Å². The third-order valence-electron chi connectivity index (χ3n) is 2.65. The van der Waals surface area contributed by atoms with E-state index in [1.165, 1.54) is 11.3 Å². The molecule has 0 aliphatic rings. The Labute approximate surface area is 130 Å². The first kappa shape index (κ1) is 17.7. The van der Waals surface area contributed by atoms with Crippen molar-refractivity contribution in [2.24, 2.45) is 5.92 Å². The molecule has 1 atom stereocenters. The molecular weight excluding hydrogens is 286 g/mol. The predicted molar refractivity (Wildman–Crippen MR) is 85.3 cm³/mol. The number of hydrogen-bond donors (Lipinski definition) is 1. The summed E-state index contributed by atoms with van der Waals surface area (Å²) in [5, 5.41) is 4.73. The Morgan fingerprint density at radius 2 is 2.00 bits per heavy atom. The molecule has 21 heavy (non-hydrogen) atoms. The van der Waals surface area contributed by atoms with Crippen molar-refractivity contribution < 1.29 is 14.3 Å². The molecule has 1 aromatic rings. The Bertz CT molecular complexity index is 460. The molecule has 1 N–H and O–H groups in total. The zero-order chi connectivity index (χ0) is 16.0. The van der Waals surface area contributed by atoms with Crippen LogP contribution in [-0.4, -0.2) is 23.5 Å². The minimum atomic E-state index is -0.586. The summed E-state index contributed by atoms with van der Waals surface area (Å²) >= 11 is 1.53. The number of amides is 1. The van der Waals surface area contributed by atoms with Gasteiger partial charge in [-0.1, -0.05) is 19.9 Å². The number of carbonyl (C=O) groups excluding carboxylic acids is 2. The van der Waals surface area contributed by atoms with E-state index in [9.17, 15) is 9.59 Å². The maximum Gasteiger partial charge on any atom is 0.329 e. The molecule has 118 valence electrons. The highest BCUT2D eigenvalue weighted by atomic mass is 32.1. The summed E-state index contributed by atoms with van der Waals surface area (Å²) in [5.74, 6) is -0.214. The van der Waals surface area contributed by atoms with Crippen molar-refractivity contribution >= 4 is 23.2 Å². The fraction of sp³-hybridized carbons (Fsp3) is 0.625. The average Bonchev–Trinajstić information content (AvgIpc) is 2.77. The molecule has 4 nitrogen and oxygen atoms in total. The number of carbonyl (C=O) groups is 2. The van der Waals surface area contributed by atoms with E-state index < -0.39 is 11.6 Å². The molecule has 1 rings (SSSR count). The predicted octanol–water partition coefficient (Wildman–Crippen LogP) is 3.16. The van der Waals surface area contributed by atoms with E-state index in [-0.39, 0.29) is 11.9 Å². The zero-order valence-electron chi connectivity index (χ0n) is 13.4. The van der Waals surface area contributed by atoms with Crippen molar-refractivity contribution in [3.8, 4) is 0 Å². The van der Waals surface area contributed by atoms with Gasteiger partial charge in [-0.15, -0.1) is 11.3 Å². The van der Waals surface area contributed by atoms with Crippen molar-refractivity contribution in [3.63, 3.8) is 0 Å². The molecule has 1 heterocycles. The highest BCUT2D eigenvalue weighted by Gasteiger charge is 2.27. The quantitative estimate of drug-likeness (QED) is 0.821. The van der Waals surface area contributed by atoms with Crippen LogP contribution in [0, 0.1) is 5.92 Å². The maximum atomic E-state index is 12.2. The highest BCUT2D eigenvalue weighted by molar-refractivity contribution is 7.10. The minimum Gasteiger partial charge on any atom is -0.458 e. The van der Waals surface area contributed by atoms with E-state index in [2.05, 4.69) is 5.32 Å². The third-order valence-corrected chi connectivity index (χ3v) is 3.52. The lowest BCUT2D eigenvalue weighted by Crippen LogP contribution is -2.45. The lowest BCUT2D eigenvalue weighted by Gasteiger charge is -2.25. The van der Waals surface area contributed by atoms with Crippen molar-refractivity contribution in [1.82, 2.24) is 5.32 Å². The first-order valence-electron chi connectivity index (χ1n) is 7.22. The Balaban J connectivity index is 2.64. The van der Waals surface area contributed by atoms with Crippen molar-refractivity contribution in [2.45, 2.75) is 59.1 Å². The van der Waals surface area contributed by atoms with Gasteiger partial charge in [-0.2, -0.15) is 0 Å². The Morgan fingerprint density at radius 1 is 1.33 bits per heavy atom. The molecule has 0 unspecified atom stereocenters. The molecule has 0 aliphatic heterocycles. The van der Waals surface area contributed by atoms with Crippen molar-refractivity contribution in [1.29, 1.82) is 0 Å². The number of nitrogens with one attached hydrogen (secondary N) is 1. The van der Waals surface area contributed by atoms with E-state index in [1.807, 2.05) is 52.1 Å². The van der Waals surface area contributed by atoms with E-state index in [4.69, 9.17) is 4.74 Å². The number of rotatable bonds is 6. The largest absolute Gasteiger partial charge is 0.458 e. The summed E-state index contributed by atoms with van der Waals surface area (Å²) in [4.78, 5) is 25.2. The third kappa shape index (κ3) is 7.27. The van der Waals surface area contributed by atoms with Crippen LogP contribution in [0.2, 0.25) is 0 Å². The van der Waals surface area contributed by atoms with E-state index in [0.717, 1.165) is 4.88 Å². The molecule has 5 heteroatoms. The van der Waals surface area contributed by atoms with Gasteiger partial charge < -0.3 is 10.1 Å². The molecule has 0 spiro atoms. The summed E-state index contributed by atoms with van der Waals surface area (Å²) in [5.41, 5.74) is -0.551.